The topological polar surface area (TPSA) is 78.4 Å². The molecule has 1 atom stereocenters. The van der Waals surface area contributed by atoms with Crippen molar-refractivity contribution in [3.8, 4) is 0 Å². The van der Waals surface area contributed by atoms with Gasteiger partial charge >= 0.3 is 0 Å². The number of nitrogens with one attached hydrogen (secondary N) is 2. The van der Waals surface area contributed by atoms with Crippen molar-refractivity contribution in [3.05, 3.63) is 29.8 Å². The number of carbonyl (C=O) groups excluding carboxylic acids is 2. The van der Waals surface area contributed by atoms with Gasteiger partial charge in [0.05, 0.1) is 0 Å². The minimum Gasteiger partial charge on any atom is -0.396 e. The van der Waals surface area contributed by atoms with Crippen LogP contribution in [0.3, 0.4) is 0 Å². The van der Waals surface area contributed by atoms with Crippen LogP contribution in [-0.2, 0) is 4.79 Å². The van der Waals surface area contributed by atoms with Crippen molar-refractivity contribution >= 4 is 17.5 Å². The highest BCUT2D eigenvalue weighted by atomic mass is 16.3. The third kappa shape index (κ3) is 7.69. The van der Waals surface area contributed by atoms with Crippen LogP contribution in [0.2, 0.25) is 0 Å². The van der Waals surface area contributed by atoms with E-state index >= 15 is 0 Å². The summed E-state index contributed by atoms with van der Waals surface area (Å²) >= 11 is 0. The molecule has 0 fully saturated rings. The van der Waals surface area contributed by atoms with Gasteiger partial charge in [-0.3, -0.25) is 9.59 Å². The SMILES string of the molecule is CC(C)CC(CCO)CNC(=O)c1cccc(NC(=O)C(C)(C)C)c1. The number of carbonyl (C=O) groups is 2. The molecule has 0 spiro atoms. The first-order valence-corrected chi connectivity index (χ1v) is 8.94. The minimum absolute atomic E-state index is 0.0926. The molecule has 0 aliphatic heterocycles. The van der Waals surface area contributed by atoms with Crippen molar-refractivity contribution in [1.82, 2.24) is 5.32 Å². The molecule has 2 amide bonds. The van der Waals surface area contributed by atoms with Crippen molar-refractivity contribution in [2.45, 2.75) is 47.5 Å². The average molecular weight is 348 g/mol. The predicted molar refractivity (Wildman–Crippen MR) is 102 cm³/mol. The maximum atomic E-state index is 12.4. The van der Waals surface area contributed by atoms with Gasteiger partial charge in [0.25, 0.3) is 5.91 Å². The average Bonchev–Trinajstić information content (AvgIpc) is 2.51. The van der Waals surface area contributed by atoms with E-state index in [-0.39, 0.29) is 24.3 Å². The molecule has 5 heteroatoms. The molecular formula is C20H32N2O3. The van der Waals surface area contributed by atoms with Gasteiger partial charge in [-0.05, 0) is 42.9 Å². The van der Waals surface area contributed by atoms with E-state index in [1.165, 1.54) is 0 Å². The molecule has 1 aromatic carbocycles. The fraction of sp³-hybridized carbons (Fsp3) is 0.600. The zero-order chi connectivity index (χ0) is 19.0. The van der Waals surface area contributed by atoms with Crippen LogP contribution in [0, 0.1) is 17.3 Å². The van der Waals surface area contributed by atoms with Crippen LogP contribution in [0.25, 0.3) is 0 Å². The number of amides is 2. The van der Waals surface area contributed by atoms with Gasteiger partial charge < -0.3 is 15.7 Å². The largest absolute Gasteiger partial charge is 0.396 e. The van der Waals surface area contributed by atoms with E-state index < -0.39 is 5.41 Å². The number of hydrogen-bond acceptors (Lipinski definition) is 3. The summed E-state index contributed by atoms with van der Waals surface area (Å²) in [5.74, 6) is 0.519. The zero-order valence-corrected chi connectivity index (χ0v) is 16.1. The summed E-state index contributed by atoms with van der Waals surface area (Å²) in [5.41, 5.74) is 0.632. The summed E-state index contributed by atoms with van der Waals surface area (Å²) in [6, 6.07) is 6.94. The first-order valence-electron chi connectivity index (χ1n) is 8.94. The Bertz CT molecular complexity index is 577. The quantitative estimate of drug-likeness (QED) is 0.673. The first kappa shape index (κ1) is 21.2. The molecule has 0 aromatic heterocycles. The van der Waals surface area contributed by atoms with Crippen molar-refractivity contribution in [2.75, 3.05) is 18.5 Å². The third-order valence-electron chi connectivity index (χ3n) is 3.96. The lowest BCUT2D eigenvalue weighted by atomic mass is 9.94. The van der Waals surface area contributed by atoms with Crippen molar-refractivity contribution in [1.29, 1.82) is 0 Å². The van der Waals surface area contributed by atoms with E-state index in [0.29, 0.717) is 30.1 Å². The van der Waals surface area contributed by atoms with E-state index in [0.717, 1.165) is 6.42 Å². The number of anilines is 1. The van der Waals surface area contributed by atoms with Crippen molar-refractivity contribution in [2.24, 2.45) is 17.3 Å². The lowest BCUT2D eigenvalue weighted by molar-refractivity contribution is -0.123. The van der Waals surface area contributed by atoms with Crippen LogP contribution in [0.15, 0.2) is 24.3 Å². The van der Waals surface area contributed by atoms with E-state index in [1.54, 1.807) is 24.3 Å². The number of aliphatic hydroxyl groups excluding tert-OH is 1. The highest BCUT2D eigenvalue weighted by molar-refractivity contribution is 5.98. The number of hydrogen-bond donors (Lipinski definition) is 3. The van der Waals surface area contributed by atoms with Crippen LogP contribution in [-0.4, -0.2) is 30.1 Å². The molecule has 1 aromatic rings. The summed E-state index contributed by atoms with van der Waals surface area (Å²) in [5, 5.41) is 14.9. The molecule has 0 saturated heterocycles. The monoisotopic (exact) mass is 348 g/mol. The van der Waals surface area contributed by atoms with Gasteiger partial charge in [-0.15, -0.1) is 0 Å². The second kappa shape index (κ2) is 9.56. The van der Waals surface area contributed by atoms with Gasteiger partial charge in [0, 0.05) is 29.8 Å². The standard InChI is InChI=1S/C20H32N2O3/c1-14(2)11-15(9-10-23)13-21-18(24)16-7-6-8-17(12-16)22-19(25)20(3,4)5/h6-8,12,14-15,23H,9-11,13H2,1-5H3,(H,21,24)(H,22,25). The molecule has 0 heterocycles. The fourth-order valence-corrected chi connectivity index (χ4v) is 2.55. The Morgan fingerprint density at radius 1 is 1.20 bits per heavy atom. The third-order valence-corrected chi connectivity index (χ3v) is 3.96. The maximum Gasteiger partial charge on any atom is 0.251 e. The first-order chi connectivity index (χ1) is 11.6. The molecule has 1 unspecified atom stereocenters. The lowest BCUT2D eigenvalue weighted by Gasteiger charge is -2.19. The molecule has 5 nitrogen and oxygen atoms in total. The Balaban J connectivity index is 2.69. The van der Waals surface area contributed by atoms with Gasteiger partial charge in [0.1, 0.15) is 0 Å². The van der Waals surface area contributed by atoms with E-state index in [9.17, 15) is 9.59 Å². The molecule has 0 aliphatic carbocycles. The maximum absolute atomic E-state index is 12.4. The Labute approximate surface area is 151 Å². The Kier molecular flexibility index (Phi) is 8.10. The van der Waals surface area contributed by atoms with Gasteiger partial charge in [0.2, 0.25) is 5.91 Å². The van der Waals surface area contributed by atoms with Crippen LogP contribution >= 0.6 is 0 Å². The highest BCUT2D eigenvalue weighted by Crippen LogP contribution is 2.18. The molecule has 0 bridgehead atoms. The summed E-state index contributed by atoms with van der Waals surface area (Å²) < 4.78 is 0. The molecule has 0 radical (unpaired) electrons. The number of aliphatic hydroxyl groups is 1. The molecule has 0 saturated carbocycles. The fourth-order valence-electron chi connectivity index (χ4n) is 2.55. The van der Waals surface area contributed by atoms with Crippen LogP contribution in [0.5, 0.6) is 0 Å². The van der Waals surface area contributed by atoms with Gasteiger partial charge in [0.15, 0.2) is 0 Å². The van der Waals surface area contributed by atoms with Gasteiger partial charge in [-0.25, -0.2) is 0 Å². The molecule has 0 aliphatic rings. The van der Waals surface area contributed by atoms with Gasteiger partial charge in [-0.1, -0.05) is 40.7 Å². The zero-order valence-electron chi connectivity index (χ0n) is 16.1. The van der Waals surface area contributed by atoms with E-state index in [2.05, 4.69) is 24.5 Å². The van der Waals surface area contributed by atoms with Crippen LogP contribution in [0.4, 0.5) is 5.69 Å². The summed E-state index contributed by atoms with van der Waals surface area (Å²) in [7, 11) is 0. The van der Waals surface area contributed by atoms with Gasteiger partial charge in [-0.2, -0.15) is 0 Å². The molecule has 3 N–H and O–H groups in total. The summed E-state index contributed by atoms with van der Waals surface area (Å²) in [6.07, 6.45) is 1.64. The Hall–Kier alpha value is -1.88. The normalized spacial score (nSPS) is 12.8. The van der Waals surface area contributed by atoms with Crippen molar-refractivity contribution < 1.29 is 14.7 Å². The highest BCUT2D eigenvalue weighted by Gasteiger charge is 2.21. The molecule has 25 heavy (non-hydrogen) atoms. The second-order valence-electron chi connectivity index (χ2n) is 8.00. The molecule has 1 rings (SSSR count). The summed E-state index contributed by atoms with van der Waals surface area (Å²) in [4.78, 5) is 24.5. The molecule has 140 valence electrons. The number of rotatable bonds is 8. The van der Waals surface area contributed by atoms with Crippen LogP contribution in [0.1, 0.15) is 57.8 Å². The Morgan fingerprint density at radius 2 is 1.88 bits per heavy atom. The lowest BCUT2D eigenvalue weighted by Crippen LogP contribution is -2.31. The molecular weight excluding hydrogens is 316 g/mol. The smallest absolute Gasteiger partial charge is 0.251 e. The summed E-state index contributed by atoms with van der Waals surface area (Å²) in [6.45, 7) is 10.5. The van der Waals surface area contributed by atoms with E-state index in [1.807, 2.05) is 20.8 Å². The predicted octanol–water partition coefficient (Wildman–Crippen LogP) is 3.45. The Morgan fingerprint density at radius 3 is 2.44 bits per heavy atom. The second-order valence-corrected chi connectivity index (χ2v) is 8.00. The minimum atomic E-state index is -0.493. The van der Waals surface area contributed by atoms with Crippen molar-refractivity contribution in [3.63, 3.8) is 0 Å². The number of benzene rings is 1. The van der Waals surface area contributed by atoms with Crippen LogP contribution < -0.4 is 10.6 Å². The van der Waals surface area contributed by atoms with E-state index in [4.69, 9.17) is 5.11 Å².